The van der Waals surface area contributed by atoms with E-state index in [0.29, 0.717) is 12.6 Å². The van der Waals surface area contributed by atoms with Crippen molar-refractivity contribution in [3.8, 4) is 5.75 Å². The molecule has 2 unspecified atom stereocenters. The Balaban J connectivity index is 1.84. The molecule has 3 rings (SSSR count). The number of benzene rings is 1. The molecule has 1 aliphatic heterocycles. The van der Waals surface area contributed by atoms with Crippen LogP contribution < -0.4 is 4.74 Å². The van der Waals surface area contributed by atoms with Gasteiger partial charge in [-0.15, -0.1) is 0 Å². The first kappa shape index (κ1) is 14.9. The fourth-order valence-electron chi connectivity index (χ4n) is 3.85. The second-order valence-corrected chi connectivity index (χ2v) is 6.38. The van der Waals surface area contributed by atoms with Gasteiger partial charge >= 0.3 is 0 Å². The van der Waals surface area contributed by atoms with Crippen LogP contribution in [0.3, 0.4) is 0 Å². The Hall–Kier alpha value is -1.06. The smallest absolute Gasteiger partial charge is 0.128 e. The monoisotopic (exact) mass is 289 g/mol. The molecule has 2 atom stereocenters. The Morgan fingerprint density at radius 1 is 1.24 bits per heavy atom. The summed E-state index contributed by atoms with van der Waals surface area (Å²) in [7, 11) is 0. The molecular formula is C18H27NO2. The maximum Gasteiger partial charge on any atom is 0.128 e. The molecule has 1 N–H and O–H groups in total. The Labute approximate surface area is 127 Å². The van der Waals surface area contributed by atoms with E-state index in [1.807, 2.05) is 0 Å². The van der Waals surface area contributed by atoms with Crippen molar-refractivity contribution in [3.63, 3.8) is 0 Å². The first-order valence-corrected chi connectivity index (χ1v) is 8.44. The molecule has 2 aliphatic rings. The van der Waals surface area contributed by atoms with Crippen LogP contribution in [0.4, 0.5) is 0 Å². The zero-order valence-corrected chi connectivity index (χ0v) is 13.3. The van der Waals surface area contributed by atoms with Crippen molar-refractivity contribution in [1.82, 2.24) is 4.90 Å². The summed E-state index contributed by atoms with van der Waals surface area (Å²) in [5.74, 6) is 0.984. The van der Waals surface area contributed by atoms with Crippen molar-refractivity contribution >= 4 is 0 Å². The summed E-state index contributed by atoms with van der Waals surface area (Å²) in [5, 5.41) is 9.99. The highest BCUT2D eigenvalue weighted by Crippen LogP contribution is 2.40. The van der Waals surface area contributed by atoms with Gasteiger partial charge in [0.05, 0.1) is 0 Å². The highest BCUT2D eigenvalue weighted by molar-refractivity contribution is 5.51. The Morgan fingerprint density at radius 3 is 2.71 bits per heavy atom. The zero-order chi connectivity index (χ0) is 14.8. The molecule has 0 fully saturated rings. The van der Waals surface area contributed by atoms with E-state index in [9.17, 15) is 5.11 Å². The predicted molar refractivity (Wildman–Crippen MR) is 84.9 cm³/mol. The average molecular weight is 289 g/mol. The van der Waals surface area contributed by atoms with E-state index in [0.717, 1.165) is 24.2 Å². The summed E-state index contributed by atoms with van der Waals surface area (Å²) in [5.41, 5.74) is 3.77. The maximum atomic E-state index is 9.99. The summed E-state index contributed by atoms with van der Waals surface area (Å²) in [6, 6.07) is 4.89. The quantitative estimate of drug-likeness (QED) is 0.904. The molecule has 21 heavy (non-hydrogen) atoms. The highest BCUT2D eigenvalue weighted by Gasteiger charge is 2.31. The third kappa shape index (κ3) is 2.82. The maximum absolute atomic E-state index is 9.99. The summed E-state index contributed by atoms with van der Waals surface area (Å²) in [6.45, 7) is 7.32. The minimum Gasteiger partial charge on any atom is -0.490 e. The zero-order valence-electron chi connectivity index (χ0n) is 13.3. The van der Waals surface area contributed by atoms with Crippen molar-refractivity contribution in [2.24, 2.45) is 0 Å². The number of nitrogens with zero attached hydrogens (tertiary/aromatic N) is 1. The Bertz CT molecular complexity index is 494. The van der Waals surface area contributed by atoms with E-state index in [-0.39, 0.29) is 0 Å². The second kappa shape index (κ2) is 6.37. The number of hydrogen-bond acceptors (Lipinski definition) is 3. The van der Waals surface area contributed by atoms with Crippen LogP contribution in [-0.4, -0.2) is 35.7 Å². The fraction of sp³-hybridized carbons (Fsp3) is 0.667. The van der Waals surface area contributed by atoms with E-state index in [1.165, 1.54) is 43.5 Å². The predicted octanol–water partition coefficient (Wildman–Crippen LogP) is 3.09. The Morgan fingerprint density at radius 2 is 2.00 bits per heavy atom. The summed E-state index contributed by atoms with van der Waals surface area (Å²) in [4.78, 5) is 2.65. The lowest BCUT2D eigenvalue weighted by atomic mass is 9.85. The average Bonchev–Trinajstić information content (AvgIpc) is 2.88. The second-order valence-electron chi connectivity index (χ2n) is 6.38. The minimum atomic E-state index is -0.437. The lowest BCUT2D eigenvalue weighted by molar-refractivity contribution is 0.139. The molecular weight excluding hydrogens is 262 g/mol. The van der Waals surface area contributed by atoms with E-state index in [2.05, 4.69) is 30.9 Å². The van der Waals surface area contributed by atoms with E-state index >= 15 is 0 Å². The molecule has 0 saturated carbocycles. The molecule has 1 aromatic rings. The summed E-state index contributed by atoms with van der Waals surface area (Å²) >= 11 is 0. The van der Waals surface area contributed by atoms with Crippen molar-refractivity contribution in [1.29, 1.82) is 0 Å². The third-order valence-corrected chi connectivity index (χ3v) is 4.86. The van der Waals surface area contributed by atoms with Crippen LogP contribution in [0.15, 0.2) is 12.1 Å². The van der Waals surface area contributed by atoms with E-state index in [4.69, 9.17) is 4.74 Å². The lowest BCUT2D eigenvalue weighted by Gasteiger charge is -2.35. The number of aliphatic hydroxyl groups excluding tert-OH is 1. The first-order chi connectivity index (χ1) is 10.2. The van der Waals surface area contributed by atoms with Gasteiger partial charge in [-0.3, -0.25) is 0 Å². The fourth-order valence-corrected chi connectivity index (χ4v) is 3.85. The highest BCUT2D eigenvalue weighted by atomic mass is 16.5. The number of aryl methyl sites for hydroxylation is 1. The molecule has 1 aliphatic carbocycles. The van der Waals surface area contributed by atoms with Gasteiger partial charge in [0.1, 0.15) is 18.5 Å². The van der Waals surface area contributed by atoms with E-state index < -0.39 is 6.10 Å². The van der Waals surface area contributed by atoms with Gasteiger partial charge in [0.25, 0.3) is 0 Å². The van der Waals surface area contributed by atoms with Gasteiger partial charge in [0.2, 0.25) is 0 Å². The van der Waals surface area contributed by atoms with Gasteiger partial charge in [-0.05, 0) is 56.3 Å². The number of aliphatic hydroxyl groups is 1. The molecule has 3 nitrogen and oxygen atoms in total. The van der Waals surface area contributed by atoms with Crippen molar-refractivity contribution < 1.29 is 9.84 Å². The van der Waals surface area contributed by atoms with Crippen LogP contribution >= 0.6 is 0 Å². The number of fused-ring (bicyclic) bond motifs is 3. The first-order valence-electron chi connectivity index (χ1n) is 8.44. The van der Waals surface area contributed by atoms with Crippen LogP contribution in [0.5, 0.6) is 5.75 Å². The largest absolute Gasteiger partial charge is 0.490 e. The molecule has 0 radical (unpaired) electrons. The van der Waals surface area contributed by atoms with Crippen LogP contribution in [0.25, 0.3) is 0 Å². The molecule has 1 aromatic carbocycles. The molecule has 0 saturated heterocycles. The van der Waals surface area contributed by atoms with Gasteiger partial charge in [-0.2, -0.15) is 0 Å². The van der Waals surface area contributed by atoms with Gasteiger partial charge in [0.15, 0.2) is 0 Å². The molecule has 0 amide bonds. The SMILES string of the molecule is CCCN(CCC)C1CCc2ccc3c(c2C1)OCC3O. The van der Waals surface area contributed by atoms with Gasteiger partial charge in [0, 0.05) is 11.6 Å². The van der Waals surface area contributed by atoms with Crippen molar-refractivity contribution in [2.45, 2.75) is 58.1 Å². The molecule has 116 valence electrons. The number of hydrogen-bond donors (Lipinski definition) is 1. The van der Waals surface area contributed by atoms with Crippen LogP contribution in [0, 0.1) is 0 Å². The summed E-state index contributed by atoms with van der Waals surface area (Å²) < 4.78 is 5.79. The van der Waals surface area contributed by atoms with Gasteiger partial charge < -0.3 is 14.7 Å². The lowest BCUT2D eigenvalue weighted by Crippen LogP contribution is -2.40. The minimum absolute atomic E-state index is 0.421. The van der Waals surface area contributed by atoms with Gasteiger partial charge in [-0.25, -0.2) is 0 Å². The molecule has 0 aromatic heterocycles. The molecule has 0 spiro atoms. The number of ether oxygens (including phenoxy) is 1. The number of rotatable bonds is 5. The van der Waals surface area contributed by atoms with Crippen LogP contribution in [0.2, 0.25) is 0 Å². The van der Waals surface area contributed by atoms with E-state index in [1.54, 1.807) is 0 Å². The van der Waals surface area contributed by atoms with Crippen molar-refractivity contribution in [3.05, 3.63) is 28.8 Å². The van der Waals surface area contributed by atoms with Crippen LogP contribution in [0.1, 0.15) is 55.9 Å². The topological polar surface area (TPSA) is 32.7 Å². The van der Waals surface area contributed by atoms with Crippen molar-refractivity contribution in [2.75, 3.05) is 19.7 Å². The van der Waals surface area contributed by atoms with Gasteiger partial charge in [-0.1, -0.05) is 26.0 Å². The van der Waals surface area contributed by atoms with Crippen LogP contribution in [-0.2, 0) is 12.8 Å². The third-order valence-electron chi connectivity index (χ3n) is 4.86. The molecule has 1 heterocycles. The molecule has 3 heteroatoms. The summed E-state index contributed by atoms with van der Waals surface area (Å²) in [6.07, 6.45) is 5.45. The Kier molecular flexibility index (Phi) is 4.51. The standard InChI is InChI=1S/C18H27NO2/c1-3-9-19(10-4-2)14-7-5-13-6-8-15-17(20)12-21-18(15)16(13)11-14/h6,8,14,17,20H,3-5,7,9-12H2,1-2H3. The normalized spacial score (nSPS) is 23.8. The molecule has 0 bridgehead atoms.